The summed E-state index contributed by atoms with van der Waals surface area (Å²) in [7, 11) is 1.44. The van der Waals surface area contributed by atoms with Gasteiger partial charge in [-0.1, -0.05) is 0 Å². The second-order valence-corrected chi connectivity index (χ2v) is 4.03. The topological polar surface area (TPSA) is 88.1 Å². The van der Waals surface area contributed by atoms with Gasteiger partial charge in [-0.3, -0.25) is 14.5 Å². The third-order valence-corrected chi connectivity index (χ3v) is 2.83. The number of carbonyl (C=O) groups is 2. The number of carbonyl (C=O) groups excluding carboxylic acids is 1. The van der Waals surface area contributed by atoms with Crippen molar-refractivity contribution in [2.45, 2.75) is 19.0 Å². The average Bonchev–Trinajstić information content (AvgIpc) is 2.36. The zero-order chi connectivity index (χ0) is 13.5. The van der Waals surface area contributed by atoms with E-state index in [-0.39, 0.29) is 19.1 Å². The van der Waals surface area contributed by atoms with E-state index in [0.29, 0.717) is 19.7 Å². The maximum absolute atomic E-state index is 11.9. The van der Waals surface area contributed by atoms with Gasteiger partial charge in [0.25, 0.3) is 0 Å². The van der Waals surface area contributed by atoms with Crippen molar-refractivity contribution in [1.82, 2.24) is 10.2 Å². The number of aliphatic carboxylic acids is 1. The molecule has 0 radical (unpaired) electrons. The Labute approximate surface area is 106 Å². The quantitative estimate of drug-likeness (QED) is 0.632. The van der Waals surface area contributed by atoms with Gasteiger partial charge in [-0.25, -0.2) is 0 Å². The number of carboxylic acid groups (broad SMARTS) is 1. The maximum Gasteiger partial charge on any atom is 0.323 e. The molecular formula is C11H20N2O5. The van der Waals surface area contributed by atoms with Crippen LogP contribution in [0.5, 0.6) is 0 Å². The monoisotopic (exact) mass is 260 g/mol. The smallest absolute Gasteiger partial charge is 0.323 e. The average molecular weight is 260 g/mol. The van der Waals surface area contributed by atoms with Gasteiger partial charge < -0.3 is 19.9 Å². The van der Waals surface area contributed by atoms with E-state index in [9.17, 15) is 14.7 Å². The summed E-state index contributed by atoms with van der Waals surface area (Å²) < 4.78 is 10.2. The highest BCUT2D eigenvalue weighted by molar-refractivity contribution is 5.83. The number of amides is 1. The van der Waals surface area contributed by atoms with Crippen molar-refractivity contribution in [2.24, 2.45) is 0 Å². The van der Waals surface area contributed by atoms with E-state index in [4.69, 9.17) is 9.47 Å². The summed E-state index contributed by atoms with van der Waals surface area (Å²) in [6, 6.07) is -1.40. The van der Waals surface area contributed by atoms with Crippen LogP contribution in [-0.4, -0.2) is 74.0 Å². The number of rotatable bonds is 6. The number of hydrogen-bond donors (Lipinski definition) is 2. The fourth-order valence-electron chi connectivity index (χ4n) is 1.97. The number of likely N-dealkylation sites (N-methyl/N-ethyl adjacent to an activating group) is 1. The molecule has 1 aliphatic rings. The minimum Gasteiger partial charge on any atom is -0.480 e. The highest BCUT2D eigenvalue weighted by Crippen LogP contribution is 2.12. The SMILES string of the molecule is CCNC(=O)C1COCCN1C(COC)C(=O)O. The predicted molar refractivity (Wildman–Crippen MR) is 63.3 cm³/mol. The summed E-state index contributed by atoms with van der Waals surface area (Å²) in [6.07, 6.45) is 0. The molecule has 1 saturated heterocycles. The van der Waals surface area contributed by atoms with Crippen molar-refractivity contribution in [2.75, 3.05) is 40.0 Å². The van der Waals surface area contributed by atoms with Gasteiger partial charge in [0.15, 0.2) is 0 Å². The lowest BCUT2D eigenvalue weighted by atomic mass is 10.1. The first-order valence-electron chi connectivity index (χ1n) is 5.94. The predicted octanol–water partition coefficient (Wildman–Crippen LogP) is -1.08. The minimum absolute atomic E-state index is 0.0469. The molecule has 7 heteroatoms. The normalized spacial score (nSPS) is 22.4. The first-order valence-corrected chi connectivity index (χ1v) is 5.94. The van der Waals surface area contributed by atoms with Crippen molar-refractivity contribution in [3.05, 3.63) is 0 Å². The number of carboxylic acids is 1. The fraction of sp³-hybridized carbons (Fsp3) is 0.818. The second kappa shape index (κ2) is 7.30. The highest BCUT2D eigenvalue weighted by atomic mass is 16.5. The van der Waals surface area contributed by atoms with Gasteiger partial charge in [0.2, 0.25) is 5.91 Å². The van der Waals surface area contributed by atoms with Crippen LogP contribution < -0.4 is 5.32 Å². The Hall–Kier alpha value is -1.18. The molecule has 0 bridgehead atoms. The van der Waals surface area contributed by atoms with Crippen LogP contribution in [0.3, 0.4) is 0 Å². The zero-order valence-electron chi connectivity index (χ0n) is 10.7. The molecule has 1 aliphatic heterocycles. The van der Waals surface area contributed by atoms with Gasteiger partial charge in [0, 0.05) is 20.2 Å². The van der Waals surface area contributed by atoms with Crippen LogP contribution in [0, 0.1) is 0 Å². The summed E-state index contributed by atoms with van der Waals surface area (Å²) in [5.41, 5.74) is 0. The summed E-state index contributed by atoms with van der Waals surface area (Å²) >= 11 is 0. The standard InChI is InChI=1S/C11H20N2O5/c1-3-12-10(14)8-7-18-5-4-13(8)9(6-17-2)11(15)16/h8-9H,3-7H2,1-2H3,(H,12,14)(H,15,16). The molecule has 18 heavy (non-hydrogen) atoms. The number of hydrogen-bond acceptors (Lipinski definition) is 5. The fourth-order valence-corrected chi connectivity index (χ4v) is 1.97. The zero-order valence-corrected chi connectivity index (χ0v) is 10.7. The number of nitrogens with zero attached hydrogens (tertiary/aromatic N) is 1. The maximum atomic E-state index is 11.9. The van der Waals surface area contributed by atoms with Crippen molar-refractivity contribution < 1.29 is 24.2 Å². The van der Waals surface area contributed by atoms with E-state index in [1.165, 1.54) is 7.11 Å². The largest absolute Gasteiger partial charge is 0.480 e. The van der Waals surface area contributed by atoms with Crippen LogP contribution >= 0.6 is 0 Å². The molecule has 2 N–H and O–H groups in total. The Bertz CT molecular complexity index is 297. The summed E-state index contributed by atoms with van der Waals surface area (Å²) in [4.78, 5) is 24.7. The second-order valence-electron chi connectivity index (χ2n) is 4.03. The van der Waals surface area contributed by atoms with Crippen LogP contribution in [0.15, 0.2) is 0 Å². The van der Waals surface area contributed by atoms with Crippen molar-refractivity contribution in [3.63, 3.8) is 0 Å². The van der Waals surface area contributed by atoms with Gasteiger partial charge in [0.05, 0.1) is 19.8 Å². The first kappa shape index (κ1) is 14.9. The molecule has 1 heterocycles. The van der Waals surface area contributed by atoms with E-state index in [0.717, 1.165) is 0 Å². The molecule has 104 valence electrons. The van der Waals surface area contributed by atoms with Crippen LogP contribution in [0.25, 0.3) is 0 Å². The molecule has 1 fully saturated rings. The summed E-state index contributed by atoms with van der Waals surface area (Å²) in [6.45, 7) is 3.40. The van der Waals surface area contributed by atoms with Crippen molar-refractivity contribution in [3.8, 4) is 0 Å². The van der Waals surface area contributed by atoms with E-state index >= 15 is 0 Å². The molecule has 0 aromatic carbocycles. The molecule has 1 rings (SSSR count). The lowest BCUT2D eigenvalue weighted by Crippen LogP contribution is -2.60. The van der Waals surface area contributed by atoms with E-state index in [1.54, 1.807) is 4.90 Å². The molecular weight excluding hydrogens is 240 g/mol. The van der Waals surface area contributed by atoms with Gasteiger partial charge in [-0.2, -0.15) is 0 Å². The summed E-state index contributed by atoms with van der Waals surface area (Å²) in [5.74, 6) is -1.20. The molecule has 0 aliphatic carbocycles. The van der Waals surface area contributed by atoms with Gasteiger partial charge in [0.1, 0.15) is 12.1 Å². The van der Waals surface area contributed by atoms with Crippen molar-refractivity contribution in [1.29, 1.82) is 0 Å². The number of methoxy groups -OCH3 is 1. The van der Waals surface area contributed by atoms with Crippen LogP contribution in [0.4, 0.5) is 0 Å². The molecule has 0 aromatic rings. The lowest BCUT2D eigenvalue weighted by molar-refractivity contribution is -0.153. The van der Waals surface area contributed by atoms with Crippen LogP contribution in [0.1, 0.15) is 6.92 Å². The van der Waals surface area contributed by atoms with Gasteiger partial charge in [-0.15, -0.1) is 0 Å². The Morgan fingerprint density at radius 3 is 2.89 bits per heavy atom. The summed E-state index contributed by atoms with van der Waals surface area (Å²) in [5, 5.41) is 11.9. The molecule has 2 atom stereocenters. The molecule has 7 nitrogen and oxygen atoms in total. The molecule has 0 aromatic heterocycles. The highest BCUT2D eigenvalue weighted by Gasteiger charge is 2.37. The number of morpholine rings is 1. The molecule has 0 saturated carbocycles. The van der Waals surface area contributed by atoms with Crippen molar-refractivity contribution >= 4 is 11.9 Å². The minimum atomic E-state index is -0.993. The molecule has 2 unspecified atom stereocenters. The van der Waals surface area contributed by atoms with Crippen LogP contribution in [-0.2, 0) is 19.1 Å². The third kappa shape index (κ3) is 3.66. The van der Waals surface area contributed by atoms with Gasteiger partial charge >= 0.3 is 5.97 Å². The Morgan fingerprint density at radius 1 is 1.61 bits per heavy atom. The van der Waals surface area contributed by atoms with E-state index in [2.05, 4.69) is 5.32 Å². The Balaban J connectivity index is 2.79. The Kier molecular flexibility index (Phi) is 6.03. The first-order chi connectivity index (χ1) is 8.61. The number of nitrogens with one attached hydrogen (secondary N) is 1. The van der Waals surface area contributed by atoms with E-state index in [1.807, 2.05) is 6.92 Å². The Morgan fingerprint density at radius 2 is 2.33 bits per heavy atom. The van der Waals surface area contributed by atoms with E-state index < -0.39 is 18.1 Å². The molecule has 0 spiro atoms. The molecule has 1 amide bonds. The lowest BCUT2D eigenvalue weighted by Gasteiger charge is -2.37. The number of ether oxygens (including phenoxy) is 2. The van der Waals surface area contributed by atoms with Gasteiger partial charge in [-0.05, 0) is 6.92 Å². The third-order valence-electron chi connectivity index (χ3n) is 2.83. The van der Waals surface area contributed by atoms with Crippen LogP contribution in [0.2, 0.25) is 0 Å².